The fourth-order valence-electron chi connectivity index (χ4n) is 6.98. The number of aliphatic imine (C=N–C) groups is 3. The Bertz CT molecular complexity index is 1640. The van der Waals surface area contributed by atoms with Crippen molar-refractivity contribution < 1.29 is 14.3 Å². The molecule has 0 spiro atoms. The van der Waals surface area contributed by atoms with Gasteiger partial charge >= 0.3 is 0 Å². The van der Waals surface area contributed by atoms with E-state index in [0.29, 0.717) is 11.8 Å². The van der Waals surface area contributed by atoms with Crippen molar-refractivity contribution in [2.75, 3.05) is 18.5 Å². The molecular weight excluding hydrogens is 649 g/mol. The first-order chi connectivity index (χ1) is 23.5. The molecule has 1 N–H and O–H groups in total. The van der Waals surface area contributed by atoms with Crippen molar-refractivity contribution in [1.82, 2.24) is 0 Å². The minimum absolute atomic E-state index is 0. The third kappa shape index (κ3) is 10.5. The molecule has 0 saturated carbocycles. The van der Waals surface area contributed by atoms with Crippen molar-refractivity contribution in [3.63, 3.8) is 0 Å². The van der Waals surface area contributed by atoms with E-state index in [1.807, 2.05) is 36.0 Å². The summed E-state index contributed by atoms with van der Waals surface area (Å²) < 4.78 is 11.3. The molecule has 0 saturated heterocycles. The van der Waals surface area contributed by atoms with Crippen molar-refractivity contribution in [3.05, 3.63) is 74.2 Å². The third-order valence-corrected chi connectivity index (χ3v) is 11.7. The first kappa shape index (κ1) is 36.7. The molecule has 49 heavy (non-hydrogen) atoms. The second-order valence-corrected chi connectivity index (χ2v) is 15.0. The Labute approximate surface area is 300 Å². The lowest BCUT2D eigenvalue weighted by Crippen LogP contribution is -2.12. The van der Waals surface area contributed by atoms with Gasteiger partial charge in [0.2, 0.25) is 5.91 Å². The molecule has 7 nitrogen and oxygen atoms in total. The Morgan fingerprint density at radius 1 is 0.857 bits per heavy atom. The van der Waals surface area contributed by atoms with Crippen LogP contribution in [0.5, 0.6) is 11.5 Å². The van der Waals surface area contributed by atoms with Gasteiger partial charge in [-0.05, 0) is 75.2 Å². The number of carbonyl (C=O) groups excluding carboxylic acids is 1. The largest absolute Gasteiger partial charge is 0.492 e. The minimum Gasteiger partial charge on any atom is -0.492 e. The van der Waals surface area contributed by atoms with Crippen LogP contribution >= 0.6 is 22.7 Å². The number of hydrogen-bond donors (Lipinski definition) is 1. The maximum atomic E-state index is 11.1. The topological polar surface area (TPSA) is 84.6 Å². The Balaban J connectivity index is 0.000000144. The van der Waals surface area contributed by atoms with Gasteiger partial charge < -0.3 is 14.8 Å². The van der Waals surface area contributed by atoms with Gasteiger partial charge in [-0.1, -0.05) is 44.2 Å². The number of anilines is 1. The Kier molecular flexibility index (Phi) is 13.8. The maximum Gasteiger partial charge on any atom is 0.221 e. The van der Waals surface area contributed by atoms with Crippen molar-refractivity contribution in [1.29, 1.82) is 0 Å². The highest BCUT2D eigenvalue weighted by Crippen LogP contribution is 2.45. The highest BCUT2D eigenvalue weighted by molar-refractivity contribution is 7.16. The molecule has 0 fully saturated rings. The summed E-state index contributed by atoms with van der Waals surface area (Å²) in [6.45, 7) is 5.38. The van der Waals surface area contributed by atoms with E-state index < -0.39 is 0 Å². The number of allylic oxidation sites excluding steroid dienone is 8. The van der Waals surface area contributed by atoms with E-state index in [0.717, 1.165) is 80.6 Å². The summed E-state index contributed by atoms with van der Waals surface area (Å²) in [4.78, 5) is 26.9. The molecule has 8 rings (SSSR count). The van der Waals surface area contributed by atoms with E-state index >= 15 is 0 Å². The van der Waals surface area contributed by atoms with E-state index in [9.17, 15) is 4.79 Å². The van der Waals surface area contributed by atoms with Gasteiger partial charge in [0.1, 0.15) is 11.5 Å². The van der Waals surface area contributed by atoms with Crippen LogP contribution in [0.1, 0.15) is 120 Å². The molecule has 0 bridgehead atoms. The van der Waals surface area contributed by atoms with E-state index in [1.54, 1.807) is 16.9 Å². The summed E-state index contributed by atoms with van der Waals surface area (Å²) in [5.41, 5.74) is 5.39. The van der Waals surface area contributed by atoms with Gasteiger partial charge in [0, 0.05) is 79.8 Å². The zero-order valence-corrected chi connectivity index (χ0v) is 29.9. The second-order valence-electron chi connectivity index (χ2n) is 13.0. The molecule has 0 aromatic carbocycles. The third-order valence-electron chi connectivity index (χ3n) is 9.40. The Morgan fingerprint density at radius 2 is 1.47 bits per heavy atom. The highest BCUT2D eigenvalue weighted by Gasteiger charge is 2.26. The van der Waals surface area contributed by atoms with E-state index in [-0.39, 0.29) is 13.3 Å². The van der Waals surface area contributed by atoms with Crippen molar-refractivity contribution in [3.8, 4) is 11.5 Å². The number of ether oxygens (including phenoxy) is 2. The van der Waals surface area contributed by atoms with E-state index in [2.05, 4.69) is 63.0 Å². The average molecular weight is 701 g/mol. The van der Waals surface area contributed by atoms with Crippen LogP contribution in [-0.4, -0.2) is 37.8 Å². The molecule has 262 valence electrons. The van der Waals surface area contributed by atoms with Gasteiger partial charge in [-0.2, -0.15) is 0 Å². The number of thiophene rings is 2. The fraction of sp³-hybridized carbons (Fsp3) is 0.500. The molecule has 2 aromatic rings. The lowest BCUT2D eigenvalue weighted by atomic mass is 9.87. The number of amides is 1. The predicted octanol–water partition coefficient (Wildman–Crippen LogP) is 11.2. The average Bonchev–Trinajstić information content (AvgIpc) is 3.93. The van der Waals surface area contributed by atoms with Gasteiger partial charge in [-0.3, -0.25) is 19.8 Å². The molecule has 3 atom stereocenters. The lowest BCUT2D eigenvalue weighted by molar-refractivity contribution is -0.114. The monoisotopic (exact) mass is 700 g/mol. The number of hydrogen-bond acceptors (Lipinski definition) is 8. The van der Waals surface area contributed by atoms with E-state index in [4.69, 9.17) is 9.47 Å². The van der Waals surface area contributed by atoms with Crippen LogP contribution in [0.15, 0.2) is 79.5 Å². The molecule has 5 aliphatic heterocycles. The number of rotatable bonds is 8. The van der Waals surface area contributed by atoms with Crippen LogP contribution in [0, 0.1) is 5.92 Å². The summed E-state index contributed by atoms with van der Waals surface area (Å²) in [6.07, 6.45) is 28.8. The fourth-order valence-corrected chi connectivity index (χ4v) is 9.14. The SMILES string of the molecule is C.C1=NC(CC2CCOc3ccsc32)=CC1.CC(=O)Nc1cc2c(s1)C(CC1=CCC=N1)CCO2.CCC1=CC(CC2=CCC=N2)CCC1. The van der Waals surface area contributed by atoms with Gasteiger partial charge in [0.15, 0.2) is 0 Å². The summed E-state index contributed by atoms with van der Waals surface area (Å²) >= 11 is 3.43. The standard InChI is InChI=1S/C14H16N2O2S.C13H19N.C12H13NOS.CH4/c1-9(17)16-13-8-12-14(19-13)10(4-6-18-12)7-11-3-2-5-15-11;1-2-11-5-3-6-12(9-11)10-13-7-4-8-14-13;1-2-10(13-5-1)8-9-3-6-14-11-4-7-15-12(9)11;/h3,5,8,10H,2,4,6-7H2,1H3,(H,16,17);7-9,12H,2-6,10H2,1H3;2,4-5,7,9H,1,3,6,8H2;1H4. The Hall–Kier alpha value is -3.56. The zero-order chi connectivity index (χ0) is 33.1. The quantitative estimate of drug-likeness (QED) is 0.278. The number of carbonyl (C=O) groups is 1. The molecular formula is C40H52N4O3S2. The molecule has 1 aliphatic carbocycles. The number of fused-ring (bicyclic) bond motifs is 2. The Morgan fingerprint density at radius 3 is 2.06 bits per heavy atom. The predicted molar refractivity (Wildman–Crippen MR) is 209 cm³/mol. The van der Waals surface area contributed by atoms with Gasteiger partial charge in [-0.15, -0.1) is 22.7 Å². The summed E-state index contributed by atoms with van der Waals surface area (Å²) in [5, 5.41) is 5.82. The summed E-state index contributed by atoms with van der Waals surface area (Å²) in [7, 11) is 0. The first-order valence-corrected chi connectivity index (χ1v) is 19.3. The molecule has 3 unspecified atom stereocenters. The smallest absolute Gasteiger partial charge is 0.221 e. The first-order valence-electron chi connectivity index (χ1n) is 17.6. The summed E-state index contributed by atoms with van der Waals surface area (Å²) in [5.74, 6) is 3.82. The molecule has 0 radical (unpaired) electrons. The van der Waals surface area contributed by atoms with Crippen LogP contribution in [0.4, 0.5) is 5.00 Å². The second kappa shape index (κ2) is 18.4. The van der Waals surface area contributed by atoms with Gasteiger partial charge in [-0.25, -0.2) is 0 Å². The van der Waals surface area contributed by atoms with Gasteiger partial charge in [0.05, 0.1) is 28.0 Å². The number of nitrogens with zero attached hydrogens (tertiary/aromatic N) is 3. The van der Waals surface area contributed by atoms with Crippen molar-refractivity contribution in [2.24, 2.45) is 20.9 Å². The van der Waals surface area contributed by atoms with Crippen LogP contribution in [0.2, 0.25) is 0 Å². The normalized spacial score (nSPS) is 22.7. The summed E-state index contributed by atoms with van der Waals surface area (Å²) in [6, 6.07) is 4.01. The molecule has 2 aromatic heterocycles. The van der Waals surface area contributed by atoms with Crippen molar-refractivity contribution in [2.45, 2.75) is 110 Å². The molecule has 9 heteroatoms. The van der Waals surface area contributed by atoms with Crippen LogP contribution in [0.25, 0.3) is 0 Å². The highest BCUT2D eigenvalue weighted by atomic mass is 32.1. The lowest BCUT2D eigenvalue weighted by Gasteiger charge is -2.22. The minimum atomic E-state index is -0.0433. The van der Waals surface area contributed by atoms with Crippen molar-refractivity contribution >= 4 is 52.2 Å². The zero-order valence-electron chi connectivity index (χ0n) is 28.3. The van der Waals surface area contributed by atoms with Crippen LogP contribution in [-0.2, 0) is 4.79 Å². The molecule has 6 aliphatic rings. The van der Waals surface area contributed by atoms with E-state index in [1.165, 1.54) is 65.9 Å². The maximum absolute atomic E-state index is 11.1. The van der Waals surface area contributed by atoms with Gasteiger partial charge in [0.25, 0.3) is 0 Å². The van der Waals surface area contributed by atoms with Crippen LogP contribution in [0.3, 0.4) is 0 Å². The van der Waals surface area contributed by atoms with Crippen LogP contribution < -0.4 is 14.8 Å². The number of nitrogens with one attached hydrogen (secondary N) is 1. The molecule has 7 heterocycles. The molecule has 1 amide bonds.